The SMILES string of the molecule is CCOC(=O)Cc1csc(NC(=O)C2CC2c2ccccc2C(F)(F)F)n1. The minimum absolute atomic E-state index is 0.00518. The van der Waals surface area contributed by atoms with Crippen molar-refractivity contribution >= 4 is 28.3 Å². The molecular weight excluding hydrogens is 381 g/mol. The molecule has 0 radical (unpaired) electrons. The van der Waals surface area contributed by atoms with Gasteiger partial charge in [0, 0.05) is 11.3 Å². The van der Waals surface area contributed by atoms with Gasteiger partial charge in [0.25, 0.3) is 0 Å². The van der Waals surface area contributed by atoms with Gasteiger partial charge in [0.1, 0.15) is 0 Å². The van der Waals surface area contributed by atoms with Crippen molar-refractivity contribution in [2.24, 2.45) is 5.92 Å². The Labute approximate surface area is 157 Å². The lowest BCUT2D eigenvalue weighted by Crippen LogP contribution is -2.16. The first kappa shape index (κ1) is 19.3. The Bertz CT molecular complexity index is 850. The largest absolute Gasteiger partial charge is 0.466 e. The number of benzene rings is 1. The Morgan fingerprint density at radius 3 is 2.78 bits per heavy atom. The molecule has 1 heterocycles. The Kier molecular flexibility index (Phi) is 5.50. The van der Waals surface area contributed by atoms with E-state index in [2.05, 4.69) is 10.3 Å². The molecule has 1 fully saturated rings. The van der Waals surface area contributed by atoms with Crippen LogP contribution in [0.3, 0.4) is 0 Å². The van der Waals surface area contributed by atoms with Crippen molar-refractivity contribution < 1.29 is 27.5 Å². The molecule has 1 aliphatic carbocycles. The van der Waals surface area contributed by atoms with Crippen LogP contribution in [0.15, 0.2) is 29.6 Å². The number of anilines is 1. The van der Waals surface area contributed by atoms with E-state index in [1.165, 1.54) is 12.1 Å². The highest BCUT2D eigenvalue weighted by Gasteiger charge is 2.48. The van der Waals surface area contributed by atoms with Gasteiger partial charge in [0.15, 0.2) is 5.13 Å². The molecule has 1 aliphatic rings. The molecule has 5 nitrogen and oxygen atoms in total. The third-order valence-electron chi connectivity index (χ3n) is 4.21. The number of alkyl halides is 3. The summed E-state index contributed by atoms with van der Waals surface area (Å²) in [4.78, 5) is 27.9. The van der Waals surface area contributed by atoms with Crippen molar-refractivity contribution in [1.82, 2.24) is 4.98 Å². The smallest absolute Gasteiger partial charge is 0.416 e. The van der Waals surface area contributed by atoms with Crippen LogP contribution in [0, 0.1) is 5.92 Å². The Morgan fingerprint density at radius 2 is 2.07 bits per heavy atom. The predicted molar refractivity (Wildman–Crippen MR) is 93.4 cm³/mol. The fourth-order valence-corrected chi connectivity index (χ4v) is 3.62. The normalized spacial score (nSPS) is 18.8. The minimum Gasteiger partial charge on any atom is -0.466 e. The summed E-state index contributed by atoms with van der Waals surface area (Å²) in [6, 6.07) is 5.33. The standard InChI is InChI=1S/C18H17F3N2O3S/c1-2-26-15(24)7-10-9-27-17(22-10)23-16(25)13-8-12(13)11-5-3-4-6-14(11)18(19,20)21/h3-6,9,12-13H,2,7-8H2,1H3,(H,22,23,25). The lowest BCUT2D eigenvalue weighted by atomic mass is 10.0. The van der Waals surface area contributed by atoms with Crippen molar-refractivity contribution in [2.75, 3.05) is 11.9 Å². The van der Waals surface area contributed by atoms with E-state index in [1.54, 1.807) is 18.4 Å². The summed E-state index contributed by atoms with van der Waals surface area (Å²) in [5.74, 6) is -1.76. The summed E-state index contributed by atoms with van der Waals surface area (Å²) in [6.07, 6.45) is -4.08. The van der Waals surface area contributed by atoms with Crippen molar-refractivity contribution in [2.45, 2.75) is 31.9 Å². The highest BCUT2D eigenvalue weighted by molar-refractivity contribution is 7.13. The number of hydrogen-bond acceptors (Lipinski definition) is 5. The number of nitrogens with one attached hydrogen (secondary N) is 1. The second kappa shape index (κ2) is 7.67. The molecule has 27 heavy (non-hydrogen) atoms. The second-order valence-corrected chi connectivity index (χ2v) is 7.01. The van der Waals surface area contributed by atoms with E-state index in [0.29, 0.717) is 17.2 Å². The van der Waals surface area contributed by atoms with Gasteiger partial charge in [-0.05, 0) is 30.9 Å². The molecule has 0 saturated heterocycles. The summed E-state index contributed by atoms with van der Waals surface area (Å²) in [5, 5.41) is 4.57. The topological polar surface area (TPSA) is 68.3 Å². The van der Waals surface area contributed by atoms with Gasteiger partial charge in [-0.3, -0.25) is 9.59 Å². The molecule has 1 N–H and O–H groups in total. The zero-order valence-electron chi connectivity index (χ0n) is 14.4. The van der Waals surface area contributed by atoms with Gasteiger partial charge in [0.2, 0.25) is 5.91 Å². The van der Waals surface area contributed by atoms with Crippen LogP contribution < -0.4 is 5.32 Å². The second-order valence-electron chi connectivity index (χ2n) is 6.15. The van der Waals surface area contributed by atoms with Gasteiger partial charge in [-0.1, -0.05) is 18.2 Å². The number of thiazole rings is 1. The van der Waals surface area contributed by atoms with Crippen LogP contribution in [0.1, 0.15) is 36.1 Å². The van der Waals surface area contributed by atoms with Gasteiger partial charge in [-0.25, -0.2) is 4.98 Å². The maximum absolute atomic E-state index is 13.1. The van der Waals surface area contributed by atoms with E-state index >= 15 is 0 Å². The summed E-state index contributed by atoms with van der Waals surface area (Å²) >= 11 is 1.16. The van der Waals surface area contributed by atoms with Crippen LogP contribution in [0.5, 0.6) is 0 Å². The Hall–Kier alpha value is -2.42. The maximum atomic E-state index is 13.1. The molecule has 9 heteroatoms. The van der Waals surface area contributed by atoms with Gasteiger partial charge in [-0.15, -0.1) is 11.3 Å². The quantitative estimate of drug-likeness (QED) is 0.747. The number of carbonyl (C=O) groups is 2. The highest BCUT2D eigenvalue weighted by Crippen LogP contribution is 2.51. The summed E-state index contributed by atoms with van der Waals surface area (Å²) in [6.45, 7) is 1.97. The van der Waals surface area contributed by atoms with Gasteiger partial charge < -0.3 is 10.1 Å². The van der Waals surface area contributed by atoms with Crippen LogP contribution in [-0.2, 0) is 26.9 Å². The number of hydrogen-bond donors (Lipinski definition) is 1. The predicted octanol–water partition coefficient (Wildman–Crippen LogP) is 4.01. The molecule has 2 atom stereocenters. The number of halogens is 3. The number of aromatic nitrogens is 1. The molecule has 0 bridgehead atoms. The number of amides is 1. The van der Waals surface area contributed by atoms with E-state index in [4.69, 9.17) is 4.74 Å². The third-order valence-corrected chi connectivity index (χ3v) is 5.01. The van der Waals surface area contributed by atoms with Crippen molar-refractivity contribution in [3.63, 3.8) is 0 Å². The third kappa shape index (κ3) is 4.65. The molecule has 3 rings (SSSR count). The molecule has 0 aliphatic heterocycles. The van der Waals surface area contributed by atoms with Crippen molar-refractivity contribution in [1.29, 1.82) is 0 Å². The van der Waals surface area contributed by atoms with Crippen LogP contribution >= 0.6 is 11.3 Å². The minimum atomic E-state index is -4.45. The summed E-state index contributed by atoms with van der Waals surface area (Å²) in [7, 11) is 0. The molecule has 1 saturated carbocycles. The number of ether oxygens (including phenoxy) is 1. The zero-order chi connectivity index (χ0) is 19.6. The maximum Gasteiger partial charge on any atom is 0.416 e. The Morgan fingerprint density at radius 1 is 1.33 bits per heavy atom. The molecule has 0 spiro atoms. The molecule has 2 unspecified atom stereocenters. The fraction of sp³-hybridized carbons (Fsp3) is 0.389. The molecule has 1 aromatic carbocycles. The molecular formula is C18H17F3N2O3S. The summed E-state index contributed by atoms with van der Waals surface area (Å²) in [5.41, 5.74) is -0.0768. The van der Waals surface area contributed by atoms with Crippen molar-refractivity contribution in [3.05, 3.63) is 46.5 Å². The van der Waals surface area contributed by atoms with E-state index in [1.807, 2.05) is 0 Å². The first-order valence-electron chi connectivity index (χ1n) is 8.36. The monoisotopic (exact) mass is 398 g/mol. The molecule has 2 aromatic rings. The van der Waals surface area contributed by atoms with Gasteiger partial charge in [-0.2, -0.15) is 13.2 Å². The van der Waals surface area contributed by atoms with Crippen LogP contribution in [-0.4, -0.2) is 23.5 Å². The molecule has 1 aromatic heterocycles. The van der Waals surface area contributed by atoms with E-state index in [-0.39, 0.29) is 24.5 Å². The van der Waals surface area contributed by atoms with Crippen molar-refractivity contribution in [3.8, 4) is 0 Å². The molecule has 1 amide bonds. The number of rotatable bonds is 6. The molecule has 144 valence electrons. The van der Waals surface area contributed by atoms with Crippen LogP contribution in [0.4, 0.5) is 18.3 Å². The van der Waals surface area contributed by atoms with Crippen LogP contribution in [0.2, 0.25) is 0 Å². The lowest BCUT2D eigenvalue weighted by Gasteiger charge is -2.12. The highest BCUT2D eigenvalue weighted by atomic mass is 32.1. The number of carbonyl (C=O) groups excluding carboxylic acids is 2. The number of nitrogens with zero attached hydrogens (tertiary/aromatic N) is 1. The van der Waals surface area contributed by atoms with Crippen LogP contribution in [0.25, 0.3) is 0 Å². The zero-order valence-corrected chi connectivity index (χ0v) is 15.2. The average Bonchev–Trinajstić information content (AvgIpc) is 3.29. The first-order valence-corrected chi connectivity index (χ1v) is 9.24. The fourth-order valence-electron chi connectivity index (χ4n) is 2.91. The van der Waals surface area contributed by atoms with E-state index in [9.17, 15) is 22.8 Å². The first-order chi connectivity index (χ1) is 12.8. The number of esters is 1. The van der Waals surface area contributed by atoms with Gasteiger partial charge in [0.05, 0.1) is 24.3 Å². The van der Waals surface area contributed by atoms with E-state index < -0.39 is 29.5 Å². The Balaban J connectivity index is 1.62. The average molecular weight is 398 g/mol. The summed E-state index contributed by atoms with van der Waals surface area (Å²) < 4.78 is 44.2. The van der Waals surface area contributed by atoms with Gasteiger partial charge >= 0.3 is 12.1 Å². The van der Waals surface area contributed by atoms with E-state index in [0.717, 1.165) is 17.4 Å². The lowest BCUT2D eigenvalue weighted by molar-refractivity contribution is -0.142.